The predicted molar refractivity (Wildman–Crippen MR) is 49.7 cm³/mol. The molecule has 13 heavy (non-hydrogen) atoms. The molecule has 0 aliphatic carbocycles. The summed E-state index contributed by atoms with van der Waals surface area (Å²) in [7, 11) is 0. The molecule has 0 aromatic rings. The summed E-state index contributed by atoms with van der Waals surface area (Å²) in [4.78, 5) is 14.8. The summed E-state index contributed by atoms with van der Waals surface area (Å²) < 4.78 is 0. The minimum Gasteiger partial charge on any atom is -0.308 e. The third-order valence-electron chi connectivity index (χ3n) is 2.11. The van der Waals surface area contributed by atoms with Crippen LogP contribution in [0.2, 0.25) is 0 Å². The molecule has 1 atom stereocenters. The summed E-state index contributed by atoms with van der Waals surface area (Å²) in [5.41, 5.74) is 0.614. The summed E-state index contributed by atoms with van der Waals surface area (Å²) in [6, 6.07) is 0.0846. The normalized spacial score (nSPS) is 22.5. The first-order valence-corrected chi connectivity index (χ1v) is 4.47. The van der Waals surface area contributed by atoms with Crippen LogP contribution in [0.4, 0.5) is 0 Å². The molecule has 0 spiro atoms. The summed E-state index contributed by atoms with van der Waals surface area (Å²) in [6.07, 6.45) is 4.44. The Kier molecular flexibility index (Phi) is 4.59. The largest absolute Gasteiger partial charge is 0.308 e. The van der Waals surface area contributed by atoms with E-state index >= 15 is 0 Å². The van der Waals surface area contributed by atoms with Crippen LogP contribution in [0.3, 0.4) is 0 Å². The Morgan fingerprint density at radius 1 is 1.77 bits per heavy atom. The maximum atomic E-state index is 10.4. The van der Waals surface area contributed by atoms with Gasteiger partial charge in [-0.1, -0.05) is 6.08 Å². The average Bonchev–Trinajstić information content (AvgIpc) is 2.19. The Hall–Kier alpha value is -0.780. The fourth-order valence-electron chi connectivity index (χ4n) is 1.45. The second kappa shape index (κ2) is 5.80. The lowest BCUT2D eigenvalue weighted by atomic mass is 10.0. The molecule has 1 aliphatic rings. The third-order valence-corrected chi connectivity index (χ3v) is 2.11. The van der Waals surface area contributed by atoms with Crippen molar-refractivity contribution in [1.82, 2.24) is 5.32 Å². The van der Waals surface area contributed by atoms with Crippen molar-refractivity contribution < 1.29 is 4.84 Å². The van der Waals surface area contributed by atoms with Crippen LogP contribution in [-0.2, 0) is 4.84 Å². The zero-order chi connectivity index (χ0) is 9.52. The quantitative estimate of drug-likeness (QED) is 0.375. The Bertz CT molecular complexity index is 194. The number of nitroso groups, excluding NO2 is 1. The fraction of sp³-hybridized carbons (Fsp3) is 0.750. The van der Waals surface area contributed by atoms with E-state index in [0.29, 0.717) is 12.3 Å². The Balaban J connectivity index is 2.34. The van der Waals surface area contributed by atoms with Crippen LogP contribution in [0, 0.1) is 4.91 Å². The van der Waals surface area contributed by atoms with Crippen LogP contribution < -0.4 is 11.2 Å². The van der Waals surface area contributed by atoms with E-state index in [9.17, 15) is 4.91 Å². The van der Waals surface area contributed by atoms with E-state index in [1.165, 1.54) is 0 Å². The monoisotopic (exact) mass is 185 g/mol. The highest BCUT2D eigenvalue weighted by molar-refractivity contribution is 5.12. The van der Waals surface area contributed by atoms with Crippen molar-refractivity contribution in [2.24, 2.45) is 11.1 Å². The second-order valence-electron chi connectivity index (χ2n) is 3.03. The molecule has 0 saturated heterocycles. The molecule has 74 valence electrons. The highest BCUT2D eigenvalue weighted by Gasteiger charge is 2.16. The third kappa shape index (κ3) is 3.22. The standard InChI is InChI=1S/C8H15N3O2/c9-13-6-2-4-7-8(11-12)3-1-5-10-7/h3,7,10H,1-2,4-6,9H2. The van der Waals surface area contributed by atoms with Crippen LogP contribution in [0.15, 0.2) is 16.9 Å². The van der Waals surface area contributed by atoms with E-state index in [1.54, 1.807) is 0 Å². The number of nitrogens with zero attached hydrogens (tertiary/aromatic N) is 1. The predicted octanol–water partition coefficient (Wildman–Crippen LogP) is 0.669. The van der Waals surface area contributed by atoms with E-state index in [2.05, 4.69) is 15.3 Å². The van der Waals surface area contributed by atoms with Gasteiger partial charge in [-0.3, -0.25) is 0 Å². The van der Waals surface area contributed by atoms with Crippen LogP contribution in [0.25, 0.3) is 0 Å². The molecule has 0 radical (unpaired) electrons. The lowest BCUT2D eigenvalue weighted by Crippen LogP contribution is -2.34. The molecule has 5 heteroatoms. The molecule has 0 fully saturated rings. The molecule has 1 unspecified atom stereocenters. The van der Waals surface area contributed by atoms with Crippen LogP contribution >= 0.6 is 0 Å². The highest BCUT2D eigenvalue weighted by Crippen LogP contribution is 2.14. The first kappa shape index (κ1) is 10.3. The van der Waals surface area contributed by atoms with Gasteiger partial charge < -0.3 is 10.2 Å². The molecule has 3 N–H and O–H groups in total. The summed E-state index contributed by atoms with van der Waals surface area (Å²) in [5, 5.41) is 6.20. The molecule has 1 aliphatic heterocycles. The van der Waals surface area contributed by atoms with E-state index in [0.717, 1.165) is 25.8 Å². The molecule has 0 saturated carbocycles. The Labute approximate surface area is 77.3 Å². The molecule has 1 heterocycles. The molecule has 1 rings (SSSR count). The second-order valence-corrected chi connectivity index (χ2v) is 3.03. The average molecular weight is 185 g/mol. The zero-order valence-electron chi connectivity index (χ0n) is 7.53. The van der Waals surface area contributed by atoms with E-state index in [-0.39, 0.29) is 6.04 Å². The van der Waals surface area contributed by atoms with Crippen molar-refractivity contribution in [3.63, 3.8) is 0 Å². The van der Waals surface area contributed by atoms with Gasteiger partial charge in [0.05, 0.1) is 18.3 Å². The van der Waals surface area contributed by atoms with Gasteiger partial charge in [-0.25, -0.2) is 5.90 Å². The van der Waals surface area contributed by atoms with Gasteiger partial charge in [-0.2, -0.15) is 0 Å². The zero-order valence-corrected chi connectivity index (χ0v) is 7.53. The molecule has 5 nitrogen and oxygen atoms in total. The van der Waals surface area contributed by atoms with Crippen molar-refractivity contribution in [3.8, 4) is 0 Å². The molecule has 0 amide bonds. The van der Waals surface area contributed by atoms with Gasteiger partial charge in [0.1, 0.15) is 0 Å². The Morgan fingerprint density at radius 3 is 3.31 bits per heavy atom. The summed E-state index contributed by atoms with van der Waals surface area (Å²) in [5.74, 6) is 4.89. The lowest BCUT2D eigenvalue weighted by Gasteiger charge is -2.20. The topological polar surface area (TPSA) is 76.7 Å². The van der Waals surface area contributed by atoms with E-state index in [4.69, 9.17) is 5.90 Å². The van der Waals surface area contributed by atoms with Crippen molar-refractivity contribution >= 4 is 0 Å². The minimum absolute atomic E-state index is 0.0846. The smallest absolute Gasteiger partial charge is 0.0978 e. The van der Waals surface area contributed by atoms with Gasteiger partial charge in [-0.15, -0.1) is 4.91 Å². The maximum Gasteiger partial charge on any atom is 0.0978 e. The lowest BCUT2D eigenvalue weighted by molar-refractivity contribution is 0.132. The highest BCUT2D eigenvalue weighted by atomic mass is 16.6. The van der Waals surface area contributed by atoms with E-state index in [1.807, 2.05) is 6.08 Å². The molecule has 0 aromatic heterocycles. The number of hydrogen-bond acceptors (Lipinski definition) is 5. The number of hydrogen-bond donors (Lipinski definition) is 2. The van der Waals surface area contributed by atoms with Crippen LogP contribution in [0.1, 0.15) is 19.3 Å². The Morgan fingerprint density at radius 2 is 2.62 bits per heavy atom. The first-order valence-electron chi connectivity index (χ1n) is 4.47. The van der Waals surface area contributed by atoms with Crippen molar-refractivity contribution in [2.45, 2.75) is 25.3 Å². The molecule has 0 aromatic carbocycles. The number of nitrogens with two attached hydrogens (primary N) is 1. The van der Waals surface area contributed by atoms with Crippen molar-refractivity contribution in [2.75, 3.05) is 13.2 Å². The fourth-order valence-corrected chi connectivity index (χ4v) is 1.45. The van der Waals surface area contributed by atoms with Gasteiger partial charge in [0.25, 0.3) is 0 Å². The van der Waals surface area contributed by atoms with Gasteiger partial charge in [-0.05, 0) is 31.0 Å². The number of rotatable bonds is 5. The summed E-state index contributed by atoms with van der Waals surface area (Å²) in [6.45, 7) is 1.43. The van der Waals surface area contributed by atoms with Crippen molar-refractivity contribution in [3.05, 3.63) is 16.7 Å². The van der Waals surface area contributed by atoms with E-state index < -0.39 is 0 Å². The molecular formula is C8H15N3O2. The van der Waals surface area contributed by atoms with Crippen LogP contribution in [-0.4, -0.2) is 19.2 Å². The van der Waals surface area contributed by atoms with Gasteiger partial charge in [0, 0.05) is 0 Å². The summed E-state index contributed by atoms with van der Waals surface area (Å²) >= 11 is 0. The maximum absolute atomic E-state index is 10.4. The van der Waals surface area contributed by atoms with Gasteiger partial charge in [0.2, 0.25) is 0 Å². The first-order chi connectivity index (χ1) is 6.38. The minimum atomic E-state index is 0.0846. The van der Waals surface area contributed by atoms with Gasteiger partial charge in [0.15, 0.2) is 0 Å². The van der Waals surface area contributed by atoms with Crippen LogP contribution in [0.5, 0.6) is 0 Å². The number of nitrogens with one attached hydrogen (secondary N) is 1. The van der Waals surface area contributed by atoms with Crippen molar-refractivity contribution in [1.29, 1.82) is 0 Å². The molecular weight excluding hydrogens is 170 g/mol. The molecule has 0 bridgehead atoms. The SMILES string of the molecule is NOCCCC1NCCC=C1N=O. The van der Waals surface area contributed by atoms with Gasteiger partial charge >= 0.3 is 0 Å².